The second kappa shape index (κ2) is 7.66. The van der Waals surface area contributed by atoms with Crippen molar-refractivity contribution < 1.29 is 22.8 Å². The minimum absolute atomic E-state index is 0.0137. The molecular weight excluding hydrogens is 309 g/mol. The molecule has 0 aromatic rings. The Morgan fingerprint density at radius 1 is 1.22 bits per heavy atom. The summed E-state index contributed by atoms with van der Waals surface area (Å²) in [5, 5.41) is 4.13. The predicted molar refractivity (Wildman–Crippen MR) is 81.5 cm³/mol. The maximum absolute atomic E-state index is 12.0. The minimum atomic E-state index is -4.90. The molecule has 2 N–H and O–H groups in total. The number of alkyl halides is 3. The van der Waals surface area contributed by atoms with E-state index in [4.69, 9.17) is 0 Å². The van der Waals surface area contributed by atoms with Crippen molar-refractivity contribution in [3.63, 3.8) is 0 Å². The molecule has 0 saturated heterocycles. The number of amides is 2. The van der Waals surface area contributed by atoms with Gasteiger partial charge in [-0.15, -0.1) is 0 Å². The third-order valence-electron chi connectivity index (χ3n) is 3.91. The normalized spacial score (nSPS) is 18.2. The lowest BCUT2D eigenvalue weighted by Gasteiger charge is -2.32. The van der Waals surface area contributed by atoms with Crippen LogP contribution in [0.5, 0.6) is 0 Å². The zero-order valence-electron chi connectivity index (χ0n) is 13.6. The Hall–Kier alpha value is -1.79. The number of carbonyl (C=O) groups is 2. The lowest BCUT2D eigenvalue weighted by atomic mass is 9.72. The topological polar surface area (TPSA) is 58.2 Å². The van der Waals surface area contributed by atoms with Crippen molar-refractivity contribution in [3.8, 4) is 0 Å². The van der Waals surface area contributed by atoms with Crippen molar-refractivity contribution in [2.45, 2.75) is 46.2 Å². The molecule has 7 heteroatoms. The first-order valence-corrected chi connectivity index (χ1v) is 7.55. The summed E-state index contributed by atoms with van der Waals surface area (Å²) in [5.41, 5.74) is 2.40. The molecule has 1 rings (SSSR count). The fraction of sp³-hybridized carbons (Fsp3) is 0.625. The minimum Gasteiger partial charge on any atom is -0.351 e. The van der Waals surface area contributed by atoms with E-state index >= 15 is 0 Å². The smallest absolute Gasteiger partial charge is 0.351 e. The lowest BCUT2D eigenvalue weighted by molar-refractivity contribution is -0.173. The van der Waals surface area contributed by atoms with Gasteiger partial charge in [0.1, 0.15) is 0 Å². The SMILES string of the molecule is CC1=C(C=CC(=O)NCCNC(=O)C(F)(F)F)C(C)(C)CCC1. The number of hydrogen-bond donors (Lipinski definition) is 2. The molecule has 0 aromatic carbocycles. The summed E-state index contributed by atoms with van der Waals surface area (Å²) in [6, 6.07) is 0. The molecule has 2 amide bonds. The van der Waals surface area contributed by atoms with Gasteiger partial charge >= 0.3 is 12.1 Å². The van der Waals surface area contributed by atoms with E-state index in [0.717, 1.165) is 24.8 Å². The van der Waals surface area contributed by atoms with E-state index in [-0.39, 0.29) is 18.5 Å². The molecule has 0 radical (unpaired) electrons. The summed E-state index contributed by atoms with van der Waals surface area (Å²) in [7, 11) is 0. The van der Waals surface area contributed by atoms with Crippen LogP contribution in [0.1, 0.15) is 40.0 Å². The van der Waals surface area contributed by atoms with Gasteiger partial charge in [-0.05, 0) is 37.2 Å². The first-order chi connectivity index (χ1) is 10.5. The molecule has 0 spiro atoms. The van der Waals surface area contributed by atoms with Crippen LogP contribution in [-0.4, -0.2) is 31.1 Å². The molecule has 1 aliphatic carbocycles. The molecular formula is C16H23F3N2O2. The van der Waals surface area contributed by atoms with Crippen LogP contribution < -0.4 is 10.6 Å². The number of hydrogen-bond acceptors (Lipinski definition) is 2. The van der Waals surface area contributed by atoms with Crippen LogP contribution in [-0.2, 0) is 9.59 Å². The molecule has 4 nitrogen and oxygen atoms in total. The van der Waals surface area contributed by atoms with Gasteiger partial charge in [0, 0.05) is 19.2 Å². The maximum atomic E-state index is 12.0. The summed E-state index contributed by atoms with van der Waals surface area (Å²) in [6.07, 6.45) is 1.45. The first kappa shape index (κ1) is 19.3. The Labute approximate surface area is 134 Å². The van der Waals surface area contributed by atoms with Crippen molar-refractivity contribution in [2.75, 3.05) is 13.1 Å². The Balaban J connectivity index is 2.44. The number of halogens is 3. The molecule has 0 heterocycles. The van der Waals surface area contributed by atoms with E-state index in [1.807, 2.05) is 6.92 Å². The van der Waals surface area contributed by atoms with Gasteiger partial charge in [0.25, 0.3) is 0 Å². The predicted octanol–water partition coefficient (Wildman–Crippen LogP) is 2.86. The second-order valence-corrected chi connectivity index (χ2v) is 6.31. The highest BCUT2D eigenvalue weighted by Crippen LogP contribution is 2.40. The highest BCUT2D eigenvalue weighted by Gasteiger charge is 2.38. The lowest BCUT2D eigenvalue weighted by Crippen LogP contribution is -2.40. The molecule has 0 aliphatic heterocycles. The average Bonchev–Trinajstić information content (AvgIpc) is 2.41. The number of nitrogens with one attached hydrogen (secondary N) is 2. The highest BCUT2D eigenvalue weighted by atomic mass is 19.4. The Bertz CT molecular complexity index is 520. The standard InChI is InChI=1S/C16H23F3N2O2/c1-11-5-4-8-15(2,3)12(11)6-7-13(22)20-9-10-21-14(23)16(17,18)19/h6-7H,4-5,8-10H2,1-3H3,(H,20,22)(H,21,23). The Kier molecular flexibility index (Phi) is 6.41. The molecule has 0 atom stereocenters. The molecule has 0 saturated carbocycles. The monoisotopic (exact) mass is 332 g/mol. The number of rotatable bonds is 5. The Morgan fingerprint density at radius 2 is 1.83 bits per heavy atom. The third kappa shape index (κ3) is 6.08. The molecule has 23 heavy (non-hydrogen) atoms. The second-order valence-electron chi connectivity index (χ2n) is 6.31. The van der Waals surface area contributed by atoms with Crippen LogP contribution in [0.2, 0.25) is 0 Å². The van der Waals surface area contributed by atoms with E-state index in [2.05, 4.69) is 19.2 Å². The summed E-state index contributed by atoms with van der Waals surface area (Å²) in [5.74, 6) is -2.40. The zero-order chi connectivity index (χ0) is 17.7. The highest BCUT2D eigenvalue weighted by molar-refractivity contribution is 5.88. The molecule has 130 valence electrons. The fourth-order valence-corrected chi connectivity index (χ4v) is 2.69. The van der Waals surface area contributed by atoms with Gasteiger partial charge in [0.2, 0.25) is 5.91 Å². The maximum Gasteiger partial charge on any atom is 0.471 e. The quantitative estimate of drug-likeness (QED) is 0.601. The summed E-state index contributed by atoms with van der Waals surface area (Å²) >= 11 is 0. The molecule has 1 aliphatic rings. The van der Waals surface area contributed by atoms with E-state index < -0.39 is 18.0 Å². The van der Waals surface area contributed by atoms with E-state index in [0.29, 0.717) is 0 Å². The van der Waals surface area contributed by atoms with Gasteiger partial charge < -0.3 is 10.6 Å². The van der Waals surface area contributed by atoms with Gasteiger partial charge in [0.05, 0.1) is 0 Å². The van der Waals surface area contributed by atoms with Crippen LogP contribution in [0.4, 0.5) is 13.2 Å². The van der Waals surface area contributed by atoms with Crippen LogP contribution in [0.3, 0.4) is 0 Å². The third-order valence-corrected chi connectivity index (χ3v) is 3.91. The van der Waals surface area contributed by atoms with Crippen molar-refractivity contribution in [3.05, 3.63) is 23.3 Å². The average molecular weight is 332 g/mol. The Morgan fingerprint density at radius 3 is 2.39 bits per heavy atom. The van der Waals surface area contributed by atoms with Crippen LogP contribution in [0, 0.1) is 5.41 Å². The first-order valence-electron chi connectivity index (χ1n) is 7.55. The van der Waals surface area contributed by atoms with E-state index in [9.17, 15) is 22.8 Å². The van der Waals surface area contributed by atoms with Gasteiger partial charge in [-0.2, -0.15) is 13.2 Å². The van der Waals surface area contributed by atoms with Gasteiger partial charge in [-0.1, -0.05) is 25.5 Å². The summed E-state index contributed by atoms with van der Waals surface area (Å²) in [6.45, 7) is 5.96. The van der Waals surface area contributed by atoms with Crippen LogP contribution >= 0.6 is 0 Å². The zero-order valence-corrected chi connectivity index (χ0v) is 13.6. The molecule has 0 fully saturated rings. The fourth-order valence-electron chi connectivity index (χ4n) is 2.69. The van der Waals surface area contributed by atoms with Crippen molar-refractivity contribution >= 4 is 11.8 Å². The number of allylic oxidation sites excluding steroid dienone is 3. The number of carbonyl (C=O) groups excluding carboxylic acids is 2. The van der Waals surface area contributed by atoms with Crippen molar-refractivity contribution in [2.24, 2.45) is 5.41 Å². The largest absolute Gasteiger partial charge is 0.471 e. The summed E-state index contributed by atoms with van der Waals surface area (Å²) < 4.78 is 35.9. The molecule has 0 bridgehead atoms. The van der Waals surface area contributed by atoms with E-state index in [1.165, 1.54) is 11.6 Å². The van der Waals surface area contributed by atoms with Gasteiger partial charge in [0.15, 0.2) is 0 Å². The summed E-state index contributed by atoms with van der Waals surface area (Å²) in [4.78, 5) is 22.3. The van der Waals surface area contributed by atoms with Crippen LogP contribution in [0.15, 0.2) is 23.3 Å². The molecule has 0 aromatic heterocycles. The van der Waals surface area contributed by atoms with Crippen molar-refractivity contribution in [1.82, 2.24) is 10.6 Å². The van der Waals surface area contributed by atoms with E-state index in [1.54, 1.807) is 11.4 Å². The van der Waals surface area contributed by atoms with Crippen LogP contribution in [0.25, 0.3) is 0 Å². The molecule has 0 unspecified atom stereocenters. The van der Waals surface area contributed by atoms with Crippen molar-refractivity contribution in [1.29, 1.82) is 0 Å². The van der Waals surface area contributed by atoms with Gasteiger partial charge in [-0.3, -0.25) is 9.59 Å². The van der Waals surface area contributed by atoms with Gasteiger partial charge in [-0.25, -0.2) is 0 Å².